The normalized spacial score (nSPS) is 27.7. The molecule has 3 saturated heterocycles. The van der Waals surface area contributed by atoms with Crippen molar-refractivity contribution in [3.8, 4) is 0 Å². The predicted molar refractivity (Wildman–Crippen MR) is 154 cm³/mol. The zero-order valence-electron chi connectivity index (χ0n) is 23.0. The molecule has 0 radical (unpaired) electrons. The lowest BCUT2D eigenvalue weighted by Gasteiger charge is -2.39. The summed E-state index contributed by atoms with van der Waals surface area (Å²) in [6, 6.07) is 8.39. The van der Waals surface area contributed by atoms with E-state index in [1.54, 1.807) is 33.7 Å². The summed E-state index contributed by atoms with van der Waals surface area (Å²) in [5.74, 6) is -1.88. The smallest absolute Gasteiger partial charge is 0.310 e. The zero-order chi connectivity index (χ0) is 28.0. The molecule has 1 spiro atoms. The van der Waals surface area contributed by atoms with Gasteiger partial charge in [0.05, 0.1) is 35.8 Å². The van der Waals surface area contributed by atoms with Crippen molar-refractivity contribution in [2.24, 2.45) is 11.8 Å². The molecule has 212 valence electrons. The van der Waals surface area contributed by atoms with Crippen molar-refractivity contribution in [2.45, 2.75) is 74.0 Å². The lowest BCUT2D eigenvalue weighted by molar-refractivity contribution is -0.154. The van der Waals surface area contributed by atoms with E-state index in [-0.39, 0.29) is 36.2 Å². The Balaban J connectivity index is 1.71. The van der Waals surface area contributed by atoms with Crippen LogP contribution in [-0.4, -0.2) is 81.1 Å². The van der Waals surface area contributed by atoms with Crippen molar-refractivity contribution in [1.82, 2.24) is 9.80 Å². The molecule has 1 N–H and O–H groups in total. The molecular weight excluding hydrogens is 512 g/mol. The Morgan fingerprint density at radius 2 is 2.03 bits per heavy atom. The number of likely N-dealkylation sites (tertiary alicyclic amines) is 1. The van der Waals surface area contributed by atoms with Crippen LogP contribution >= 0.6 is 11.8 Å². The van der Waals surface area contributed by atoms with Gasteiger partial charge in [-0.05, 0) is 44.1 Å². The number of carbonyl (C=O) groups is 3. The Bertz CT molecular complexity index is 1050. The second kappa shape index (κ2) is 13.2. The van der Waals surface area contributed by atoms with Crippen LogP contribution < -0.4 is 0 Å². The fourth-order valence-corrected chi connectivity index (χ4v) is 8.82. The first-order valence-corrected chi connectivity index (χ1v) is 15.1. The summed E-state index contributed by atoms with van der Waals surface area (Å²) in [5, 5.41) is 10.5. The summed E-state index contributed by atoms with van der Waals surface area (Å²) in [4.78, 5) is 45.6. The number of thioether (sulfide) groups is 1. The van der Waals surface area contributed by atoms with Gasteiger partial charge < -0.3 is 19.6 Å². The third kappa shape index (κ3) is 5.68. The van der Waals surface area contributed by atoms with Crippen molar-refractivity contribution in [3.05, 3.63) is 61.2 Å². The maximum Gasteiger partial charge on any atom is 0.310 e. The summed E-state index contributed by atoms with van der Waals surface area (Å²) in [6.45, 7) is 10.6. The molecule has 3 fully saturated rings. The quantitative estimate of drug-likeness (QED) is 0.200. The molecule has 2 amide bonds. The Morgan fingerprint density at radius 1 is 1.26 bits per heavy atom. The molecule has 3 aliphatic rings. The standard InChI is InChI=1S/C31H42N2O5S/c1-4-7-12-19-38-30(37)25-24-15-16-31(39-24)26(25)28(35)33(23(21-34)20-22-13-10-9-11-14-22)27(31)29(36)32(17-6-3)18-8-5-2/h4,6,9-11,13-14,23-27,34H,1,3,5,7-8,12,15-21H2,2H3/t23-,24-,25+,26+,27?,31?/m1/s1. The monoisotopic (exact) mass is 554 g/mol. The number of aliphatic hydroxyl groups excluding tert-OH is 1. The highest BCUT2D eigenvalue weighted by Crippen LogP contribution is 2.67. The maximum absolute atomic E-state index is 14.4. The predicted octanol–water partition coefficient (Wildman–Crippen LogP) is 4.01. The number of fused-ring (bicyclic) bond motifs is 1. The minimum absolute atomic E-state index is 0.0477. The van der Waals surface area contributed by atoms with Crippen LogP contribution in [0, 0.1) is 11.8 Å². The van der Waals surface area contributed by atoms with Crippen LogP contribution in [0.2, 0.25) is 0 Å². The number of nitrogens with zero attached hydrogens (tertiary/aromatic N) is 2. The molecule has 4 rings (SSSR count). The van der Waals surface area contributed by atoms with Crippen LogP contribution in [0.5, 0.6) is 0 Å². The number of esters is 1. The van der Waals surface area contributed by atoms with Gasteiger partial charge in [-0.3, -0.25) is 14.4 Å². The number of ether oxygens (including phenoxy) is 1. The molecule has 3 heterocycles. The van der Waals surface area contributed by atoms with E-state index in [1.165, 1.54) is 0 Å². The van der Waals surface area contributed by atoms with Crippen LogP contribution in [-0.2, 0) is 25.5 Å². The number of hydrogen-bond donors (Lipinski definition) is 1. The first kappa shape index (κ1) is 29.4. The number of unbranched alkanes of at least 4 members (excludes halogenated alkanes) is 2. The Morgan fingerprint density at radius 3 is 2.69 bits per heavy atom. The average Bonchev–Trinajstić information content (AvgIpc) is 3.59. The topological polar surface area (TPSA) is 87.1 Å². The van der Waals surface area contributed by atoms with Crippen LogP contribution in [0.3, 0.4) is 0 Å². The highest BCUT2D eigenvalue weighted by Gasteiger charge is 2.74. The van der Waals surface area contributed by atoms with E-state index < -0.39 is 28.7 Å². The summed E-state index contributed by atoms with van der Waals surface area (Å²) in [6.07, 6.45) is 8.61. The fourth-order valence-electron chi connectivity index (χ4n) is 6.63. The van der Waals surface area contributed by atoms with Crippen molar-refractivity contribution >= 4 is 29.5 Å². The van der Waals surface area contributed by atoms with Gasteiger partial charge in [-0.2, -0.15) is 0 Å². The minimum atomic E-state index is -0.749. The number of aliphatic hydroxyl groups is 1. The second-order valence-corrected chi connectivity index (χ2v) is 12.5. The molecule has 8 heteroatoms. The summed E-state index contributed by atoms with van der Waals surface area (Å²) in [5.41, 5.74) is 0.981. The average molecular weight is 555 g/mol. The maximum atomic E-state index is 14.4. The number of benzene rings is 1. The van der Waals surface area contributed by atoms with Crippen molar-refractivity contribution in [1.29, 1.82) is 0 Å². The van der Waals surface area contributed by atoms with E-state index in [1.807, 2.05) is 30.3 Å². The Hall–Kier alpha value is -2.58. The van der Waals surface area contributed by atoms with E-state index in [9.17, 15) is 19.5 Å². The van der Waals surface area contributed by atoms with Gasteiger partial charge in [0.1, 0.15) is 6.04 Å². The Kier molecular flexibility index (Phi) is 9.94. The van der Waals surface area contributed by atoms with Crippen molar-refractivity contribution < 1.29 is 24.2 Å². The molecule has 0 aromatic heterocycles. The van der Waals surface area contributed by atoms with Crippen LogP contribution in [0.1, 0.15) is 51.0 Å². The van der Waals surface area contributed by atoms with Gasteiger partial charge in [0.15, 0.2) is 0 Å². The molecule has 39 heavy (non-hydrogen) atoms. The van der Waals surface area contributed by atoms with Crippen LogP contribution in [0.25, 0.3) is 0 Å². The summed E-state index contributed by atoms with van der Waals surface area (Å²) < 4.78 is 4.95. The van der Waals surface area contributed by atoms with Gasteiger partial charge >= 0.3 is 5.97 Å². The molecule has 2 unspecified atom stereocenters. The van der Waals surface area contributed by atoms with Crippen molar-refractivity contribution in [3.63, 3.8) is 0 Å². The number of allylic oxidation sites excluding steroid dienone is 1. The zero-order valence-corrected chi connectivity index (χ0v) is 23.8. The van der Waals surface area contributed by atoms with Crippen LogP contribution in [0.15, 0.2) is 55.6 Å². The molecule has 1 aromatic rings. The SMILES string of the molecule is C=CCCCOC(=O)[C@@H]1[C@H]2C(=O)N([C@@H](CO)Cc3ccccc3)C(C(=O)N(CC=C)CCCC)C23CC[C@H]1S3. The lowest BCUT2D eigenvalue weighted by Crippen LogP contribution is -2.58. The molecule has 1 aromatic carbocycles. The van der Waals surface area contributed by atoms with E-state index >= 15 is 0 Å². The molecule has 3 aliphatic heterocycles. The highest BCUT2D eigenvalue weighted by atomic mass is 32.2. The third-order valence-electron chi connectivity index (χ3n) is 8.40. The first-order chi connectivity index (χ1) is 18.9. The highest BCUT2D eigenvalue weighted by molar-refractivity contribution is 8.02. The van der Waals surface area contributed by atoms with Gasteiger partial charge in [0.2, 0.25) is 11.8 Å². The van der Waals surface area contributed by atoms with E-state index in [0.717, 1.165) is 31.2 Å². The molecule has 6 atom stereocenters. The molecule has 0 aliphatic carbocycles. The molecule has 2 bridgehead atoms. The van der Waals surface area contributed by atoms with Gasteiger partial charge in [-0.25, -0.2) is 0 Å². The second-order valence-electron chi connectivity index (χ2n) is 10.9. The van der Waals surface area contributed by atoms with Gasteiger partial charge in [-0.1, -0.05) is 55.8 Å². The summed E-state index contributed by atoms with van der Waals surface area (Å²) in [7, 11) is 0. The van der Waals surface area contributed by atoms with Gasteiger partial charge in [0, 0.05) is 18.3 Å². The number of carbonyl (C=O) groups excluding carboxylic acids is 3. The third-order valence-corrected chi connectivity index (χ3v) is 10.4. The van der Waals surface area contributed by atoms with Gasteiger partial charge in [0.25, 0.3) is 0 Å². The summed E-state index contributed by atoms with van der Waals surface area (Å²) >= 11 is 1.63. The van der Waals surface area contributed by atoms with E-state index in [2.05, 4.69) is 20.1 Å². The molecule has 7 nitrogen and oxygen atoms in total. The number of amides is 2. The Labute approximate surface area is 236 Å². The van der Waals surface area contributed by atoms with Gasteiger partial charge in [-0.15, -0.1) is 24.9 Å². The number of hydrogen-bond acceptors (Lipinski definition) is 6. The van der Waals surface area contributed by atoms with Crippen LogP contribution in [0.4, 0.5) is 0 Å². The lowest BCUT2D eigenvalue weighted by atomic mass is 9.71. The fraction of sp³-hybridized carbons (Fsp3) is 0.581. The molecular formula is C31H42N2O5S. The minimum Gasteiger partial charge on any atom is -0.465 e. The van der Waals surface area contributed by atoms with E-state index in [4.69, 9.17) is 4.74 Å². The van der Waals surface area contributed by atoms with E-state index in [0.29, 0.717) is 32.4 Å². The largest absolute Gasteiger partial charge is 0.465 e. The van der Waals surface area contributed by atoms with Crippen molar-refractivity contribution in [2.75, 3.05) is 26.3 Å². The first-order valence-electron chi connectivity index (χ1n) is 14.2. The number of rotatable bonds is 15. The molecule has 0 saturated carbocycles.